The number of amides is 10. The van der Waals surface area contributed by atoms with E-state index in [1.807, 2.05) is 0 Å². The van der Waals surface area contributed by atoms with Gasteiger partial charge in [-0.3, -0.25) is 67.1 Å². The number of carbonyl (C=O) groups is 20. The molecule has 0 aromatic carbocycles. The maximum atomic E-state index is 13.1. The van der Waals surface area contributed by atoms with Gasteiger partial charge in [-0.05, 0) is 57.8 Å². The maximum Gasteiger partial charge on any atom is 0.326 e. The average molecular weight is 1740 g/mol. The Balaban J connectivity index is 4.68. The largest absolute Gasteiger partial charge is 0.481 e. The SMILES string of the molecule is NC(=O)CC[C@H](NC(=O)COCCOCCNC(=O)COCCOCCNC(=O)CC[C@H](NC(=O)CC[C@H](NC(=O)CC[C@H](NC(=O)CC[C@H](NC(=O)CC[C@H](NC(=O)CC[C@H](NC(=O)CCCCCCCCCCCCCCCCCCC(=O)O)C(=O)O)C(=O)O)C(=O)O)C(=O)O)C(=O)O)C(=O)O)C(=O)C[C@@H](CS)C(=O)C[C@@H](CS)C(=O)O. The molecule has 676 valence electrons. The zero-order valence-electron chi connectivity index (χ0n) is 67.1. The van der Waals surface area contributed by atoms with Gasteiger partial charge in [-0.1, -0.05) is 89.9 Å². The van der Waals surface area contributed by atoms with Gasteiger partial charge in [-0.2, -0.15) is 25.3 Å². The number of rotatable bonds is 78. The highest BCUT2D eigenvalue weighted by atomic mass is 32.1. The molecule has 10 amide bonds. The molecule has 0 fully saturated rings. The molecule has 0 heterocycles. The van der Waals surface area contributed by atoms with Gasteiger partial charge in [0.1, 0.15) is 55.2 Å². The standard InChI is InChI=1S/C75H122N10O32S2/c76-58(88)26-19-49(57(87)41-47(45-118)56(86)42-48(46-119)69(100)101)79-67(97)44-117-40-38-115-36-34-78-66(96)43-116-39-37-114-35-33-77-59(89)27-20-50(70(102)103)81-61(91)29-22-52(72(106)107)83-63(93)31-24-54(74(110)111)85-65(95)32-25-55(75(112)113)84-64(94)30-23-53(73(108)109)82-62(92)28-21-51(71(104)105)80-60(90)17-15-13-11-9-7-5-3-1-2-4-6-8-10-12-14-16-18-68(98)99/h47-55,118-119H,1-46H2,(H2,76,88)(H,77,89)(H,78,96)(H,79,97)(H,80,90)(H,81,91)(H,82,92)(H,83,93)(H,84,94)(H,85,95)(H,98,99)(H,100,101)(H,102,103)(H,104,105)(H,106,107)(H,108,109)(H,110,111)(H,112,113)/t47-,48-,49-,50-,51-,52-,53-,54-,55-/m0/s1. The Bertz CT molecular complexity index is 3240. The van der Waals surface area contributed by atoms with E-state index in [0.29, 0.717) is 6.42 Å². The number of ether oxygens (including phenoxy) is 4. The highest BCUT2D eigenvalue weighted by Crippen LogP contribution is 2.20. The summed E-state index contributed by atoms with van der Waals surface area (Å²) in [5.41, 5.74) is 5.23. The first-order valence-corrected chi connectivity index (χ1v) is 41.0. The van der Waals surface area contributed by atoms with Crippen molar-refractivity contribution in [2.45, 2.75) is 261 Å². The molecular formula is C75H122N10O32S2. The lowest BCUT2D eigenvalue weighted by molar-refractivity contribution is -0.144. The minimum atomic E-state index is -1.80. The number of aliphatic carboxylic acids is 8. The van der Waals surface area contributed by atoms with Gasteiger partial charge in [0.2, 0.25) is 59.1 Å². The zero-order valence-corrected chi connectivity index (χ0v) is 68.9. The van der Waals surface area contributed by atoms with Crippen LogP contribution in [0.3, 0.4) is 0 Å². The van der Waals surface area contributed by atoms with E-state index in [9.17, 15) is 132 Å². The number of ketones is 2. The van der Waals surface area contributed by atoms with Crippen LogP contribution in [0.2, 0.25) is 0 Å². The third-order valence-electron chi connectivity index (χ3n) is 18.2. The summed E-state index contributed by atoms with van der Waals surface area (Å²) < 4.78 is 21.2. The van der Waals surface area contributed by atoms with Crippen LogP contribution in [0.5, 0.6) is 0 Å². The third-order valence-corrected chi connectivity index (χ3v) is 19.1. The van der Waals surface area contributed by atoms with Crippen molar-refractivity contribution in [3.63, 3.8) is 0 Å². The molecule has 0 aliphatic heterocycles. The summed E-state index contributed by atoms with van der Waals surface area (Å²) in [6.45, 7) is -0.883. The van der Waals surface area contributed by atoms with E-state index in [4.69, 9.17) is 29.8 Å². The second-order valence-corrected chi connectivity index (χ2v) is 28.9. The van der Waals surface area contributed by atoms with E-state index >= 15 is 0 Å². The van der Waals surface area contributed by atoms with Crippen molar-refractivity contribution in [3.8, 4) is 0 Å². The van der Waals surface area contributed by atoms with E-state index in [-0.39, 0.29) is 109 Å². The molecule has 0 unspecified atom stereocenters. The van der Waals surface area contributed by atoms with Crippen LogP contribution < -0.4 is 53.6 Å². The van der Waals surface area contributed by atoms with Gasteiger partial charge in [0.15, 0.2) is 5.78 Å². The van der Waals surface area contributed by atoms with Crippen LogP contribution in [-0.4, -0.2) is 279 Å². The summed E-state index contributed by atoms with van der Waals surface area (Å²) >= 11 is 8.07. The van der Waals surface area contributed by atoms with Crippen molar-refractivity contribution in [2.75, 3.05) is 77.5 Å². The molecule has 0 saturated carbocycles. The van der Waals surface area contributed by atoms with Crippen molar-refractivity contribution >= 4 is 144 Å². The number of hydrogen-bond acceptors (Lipinski definition) is 26. The van der Waals surface area contributed by atoms with E-state index in [1.54, 1.807) is 0 Å². The van der Waals surface area contributed by atoms with Crippen molar-refractivity contribution in [2.24, 2.45) is 17.6 Å². The molecule has 0 aliphatic rings. The average Bonchev–Trinajstić information content (AvgIpc) is 0.896. The van der Waals surface area contributed by atoms with E-state index in [0.717, 1.165) is 64.2 Å². The molecular weight excluding hydrogens is 1620 g/mol. The lowest BCUT2D eigenvalue weighted by Crippen LogP contribution is -2.46. The molecule has 0 bridgehead atoms. The minimum absolute atomic E-state index is 0.00244. The van der Waals surface area contributed by atoms with Crippen molar-refractivity contribution in [3.05, 3.63) is 0 Å². The number of nitrogens with one attached hydrogen (secondary N) is 9. The summed E-state index contributed by atoms with van der Waals surface area (Å²) in [6, 6.07) is -11.4. The molecule has 44 heteroatoms. The second kappa shape index (κ2) is 67.2. The van der Waals surface area contributed by atoms with Gasteiger partial charge in [-0.15, -0.1) is 0 Å². The molecule has 0 aromatic heterocycles. The molecule has 0 rings (SSSR count). The van der Waals surface area contributed by atoms with Crippen LogP contribution in [0.4, 0.5) is 0 Å². The normalized spacial score (nSPS) is 13.3. The quantitative estimate of drug-likeness (QED) is 0.0288. The van der Waals surface area contributed by atoms with Gasteiger partial charge < -0.3 is 113 Å². The zero-order chi connectivity index (χ0) is 89.5. The van der Waals surface area contributed by atoms with Crippen LogP contribution in [0.25, 0.3) is 0 Å². The molecule has 119 heavy (non-hydrogen) atoms. The smallest absolute Gasteiger partial charge is 0.326 e. The van der Waals surface area contributed by atoms with Crippen LogP contribution in [0, 0.1) is 11.8 Å². The molecule has 0 saturated heterocycles. The number of hydrogen-bond donors (Lipinski definition) is 20. The predicted octanol–water partition coefficient (Wildman–Crippen LogP) is 0.334. The molecule has 9 atom stereocenters. The number of Topliss-reactive ketones (excluding diaryl/α,β-unsaturated/α-hetero) is 2. The Kier molecular flexibility index (Phi) is 61.7. The van der Waals surface area contributed by atoms with Gasteiger partial charge in [0.25, 0.3) is 0 Å². The van der Waals surface area contributed by atoms with Crippen LogP contribution in [0.15, 0.2) is 0 Å². The Morgan fingerprint density at radius 3 is 0.824 bits per heavy atom. The van der Waals surface area contributed by atoms with Crippen LogP contribution in [-0.2, 0) is 115 Å². The highest BCUT2D eigenvalue weighted by molar-refractivity contribution is 7.80. The van der Waals surface area contributed by atoms with Crippen molar-refractivity contribution in [1.29, 1.82) is 0 Å². The molecule has 0 aromatic rings. The molecule has 0 radical (unpaired) electrons. The monoisotopic (exact) mass is 1740 g/mol. The van der Waals surface area contributed by atoms with Crippen molar-refractivity contribution in [1.82, 2.24) is 47.9 Å². The lowest BCUT2D eigenvalue weighted by atomic mass is 9.90. The summed E-state index contributed by atoms with van der Waals surface area (Å²) in [6.07, 6.45) is 8.37. The Labute approximate surface area is 699 Å². The summed E-state index contributed by atoms with van der Waals surface area (Å²) in [5.74, 6) is -23.0. The molecule has 19 N–H and O–H groups in total. The number of thiol groups is 2. The number of carbonyl (C=O) groups excluding carboxylic acids is 12. The number of carboxylic acids is 8. The molecule has 0 spiro atoms. The van der Waals surface area contributed by atoms with Crippen molar-refractivity contribution < 1.29 is 156 Å². The summed E-state index contributed by atoms with van der Waals surface area (Å²) in [5, 5.41) is 96.8. The Morgan fingerprint density at radius 1 is 0.261 bits per heavy atom. The third kappa shape index (κ3) is 58.8. The molecule has 0 aliphatic carbocycles. The first-order chi connectivity index (χ1) is 56.5. The Hall–Kier alpha value is -9.66. The predicted molar refractivity (Wildman–Crippen MR) is 425 cm³/mol. The topological polar surface area (TPSA) is 674 Å². The number of unbranched alkanes of at least 4 members (excludes halogenated alkanes) is 15. The summed E-state index contributed by atoms with van der Waals surface area (Å²) in [4.78, 5) is 245. The van der Waals surface area contributed by atoms with Crippen LogP contribution in [0.1, 0.15) is 218 Å². The highest BCUT2D eigenvalue weighted by Gasteiger charge is 2.33. The van der Waals surface area contributed by atoms with E-state index in [1.165, 1.54) is 32.1 Å². The molecule has 42 nitrogen and oxygen atoms in total. The van der Waals surface area contributed by atoms with E-state index < -0.39 is 256 Å². The van der Waals surface area contributed by atoms with Gasteiger partial charge >= 0.3 is 47.8 Å². The van der Waals surface area contributed by atoms with Crippen LogP contribution >= 0.6 is 25.3 Å². The fourth-order valence-corrected chi connectivity index (χ4v) is 12.0. The summed E-state index contributed by atoms with van der Waals surface area (Å²) in [7, 11) is 0. The second-order valence-electron chi connectivity index (χ2n) is 28.1. The first kappa shape index (κ1) is 109. The number of carboxylic acid groups (broad SMARTS) is 8. The number of primary amides is 1. The van der Waals surface area contributed by atoms with Gasteiger partial charge in [0.05, 0.1) is 51.6 Å². The van der Waals surface area contributed by atoms with Gasteiger partial charge in [0, 0.05) is 101 Å². The van der Waals surface area contributed by atoms with Gasteiger partial charge in [-0.25, -0.2) is 28.8 Å². The Morgan fingerprint density at radius 2 is 0.521 bits per heavy atom. The minimum Gasteiger partial charge on any atom is -0.481 e. The lowest BCUT2D eigenvalue weighted by Gasteiger charge is -2.21. The fraction of sp³-hybridized carbons (Fsp3) is 0.733. The van der Waals surface area contributed by atoms with E-state index in [2.05, 4.69) is 73.1 Å². The first-order valence-electron chi connectivity index (χ1n) is 39.8. The number of nitrogens with two attached hydrogens (primary N) is 1. The maximum absolute atomic E-state index is 13.1. The fourth-order valence-electron chi connectivity index (χ4n) is 11.4.